The van der Waals surface area contributed by atoms with Crippen molar-refractivity contribution in [3.05, 3.63) is 12.3 Å². The number of nitrogens with zero attached hydrogens (tertiary/aromatic N) is 1. The number of rotatable bonds is 23. The molecule has 2 aliphatic heterocycles. The van der Waals surface area contributed by atoms with Gasteiger partial charge in [-0.1, -0.05) is 152 Å². The van der Waals surface area contributed by atoms with E-state index in [2.05, 4.69) is 80.9 Å². The molecule has 0 amide bonds. The lowest BCUT2D eigenvalue weighted by Crippen LogP contribution is -2.74. The second-order valence-electron chi connectivity index (χ2n) is 17.1. The molecule has 0 aromatic rings. The van der Waals surface area contributed by atoms with E-state index in [-0.39, 0.29) is 33.8 Å². The van der Waals surface area contributed by atoms with Gasteiger partial charge in [0.25, 0.3) is 0 Å². The molecule has 2 aliphatic rings. The summed E-state index contributed by atoms with van der Waals surface area (Å²) < 4.78 is 19.6. The number of unbranched alkanes of at least 4 members (excludes halogenated alkanes) is 14. The molecule has 1 spiro atoms. The first-order chi connectivity index (χ1) is 22.7. The number of esters is 1. The molecule has 6 nitrogen and oxygen atoms in total. The molecule has 6 heteroatoms. The van der Waals surface area contributed by atoms with Gasteiger partial charge in [0, 0.05) is 24.2 Å². The maximum absolute atomic E-state index is 12.7. The van der Waals surface area contributed by atoms with Crippen molar-refractivity contribution in [1.29, 1.82) is 0 Å². The zero-order valence-corrected chi connectivity index (χ0v) is 33.5. The summed E-state index contributed by atoms with van der Waals surface area (Å²) in [6.07, 6.45) is 23.6. The molecular weight excluding hydrogens is 598 g/mol. The van der Waals surface area contributed by atoms with Gasteiger partial charge in [-0.3, -0.25) is 4.79 Å². The molecule has 0 N–H and O–H groups in total. The van der Waals surface area contributed by atoms with E-state index >= 15 is 0 Å². The third-order valence-electron chi connectivity index (χ3n) is 12.2. The molecular formula is C42H79NO5. The van der Waals surface area contributed by atoms with Gasteiger partial charge in [0.05, 0.1) is 29.7 Å². The van der Waals surface area contributed by atoms with E-state index in [4.69, 9.17) is 19.0 Å². The highest BCUT2D eigenvalue weighted by Gasteiger charge is 2.64. The average Bonchev–Trinajstić information content (AvgIpc) is 3.07. The first-order valence-corrected chi connectivity index (χ1v) is 20.3. The highest BCUT2D eigenvalue weighted by atomic mass is 16.7. The molecule has 2 saturated heterocycles. The molecule has 282 valence electrons. The number of ether oxygens (including phenoxy) is 3. The van der Waals surface area contributed by atoms with Gasteiger partial charge in [0.2, 0.25) is 0 Å². The van der Waals surface area contributed by atoms with E-state index in [9.17, 15) is 4.79 Å². The van der Waals surface area contributed by atoms with Crippen LogP contribution in [0, 0.1) is 16.7 Å². The topological polar surface area (TPSA) is 57.2 Å². The van der Waals surface area contributed by atoms with Crippen LogP contribution in [0.15, 0.2) is 12.3 Å². The van der Waals surface area contributed by atoms with Crippen molar-refractivity contribution in [3.8, 4) is 0 Å². The second-order valence-corrected chi connectivity index (χ2v) is 17.1. The zero-order chi connectivity index (χ0) is 35.9. The van der Waals surface area contributed by atoms with E-state index in [1.165, 1.54) is 83.5 Å². The molecule has 0 radical (unpaired) electrons. The Labute approximate surface area is 297 Å². The molecule has 0 bridgehead atoms. The minimum Gasteiger partial charge on any atom is -0.465 e. The molecule has 2 heterocycles. The Morgan fingerprint density at radius 2 is 1.25 bits per heavy atom. The monoisotopic (exact) mass is 678 g/mol. The van der Waals surface area contributed by atoms with Crippen molar-refractivity contribution in [2.24, 2.45) is 16.7 Å². The van der Waals surface area contributed by atoms with Crippen LogP contribution in [-0.2, 0) is 23.8 Å². The Kier molecular flexibility index (Phi) is 18.0. The van der Waals surface area contributed by atoms with Crippen LogP contribution >= 0.6 is 0 Å². The molecule has 0 saturated carbocycles. The van der Waals surface area contributed by atoms with Crippen molar-refractivity contribution < 1.29 is 23.8 Å². The minimum absolute atomic E-state index is 0.0462. The van der Waals surface area contributed by atoms with E-state index in [0.29, 0.717) is 32.7 Å². The number of allylic oxidation sites excluding steroid dienone is 1. The molecule has 3 unspecified atom stereocenters. The maximum Gasteiger partial charge on any atom is 0.305 e. The number of piperidine rings is 1. The summed E-state index contributed by atoms with van der Waals surface area (Å²) >= 11 is 0. The number of hydrogen-bond acceptors (Lipinski definition) is 6. The smallest absolute Gasteiger partial charge is 0.305 e. The Morgan fingerprint density at radius 1 is 0.771 bits per heavy atom. The molecule has 0 aliphatic carbocycles. The number of hydrogen-bond donors (Lipinski definition) is 0. The number of carbonyl (C=O) groups excluding carboxylic acids is 1. The molecule has 3 atom stereocenters. The summed E-state index contributed by atoms with van der Waals surface area (Å²) in [6.45, 7) is 27.8. The Balaban J connectivity index is 1.77. The summed E-state index contributed by atoms with van der Waals surface area (Å²) in [6, 6.07) is 0. The van der Waals surface area contributed by atoms with Crippen LogP contribution in [0.5, 0.6) is 0 Å². The third-order valence-corrected chi connectivity index (χ3v) is 12.2. The second kappa shape index (κ2) is 20.1. The predicted molar refractivity (Wildman–Crippen MR) is 201 cm³/mol. The van der Waals surface area contributed by atoms with Crippen molar-refractivity contribution in [2.45, 2.75) is 215 Å². The van der Waals surface area contributed by atoms with E-state index in [1.54, 1.807) is 0 Å². The third kappa shape index (κ3) is 12.0. The lowest BCUT2D eigenvalue weighted by atomic mass is 9.66. The van der Waals surface area contributed by atoms with Gasteiger partial charge in [0.15, 0.2) is 5.79 Å². The van der Waals surface area contributed by atoms with E-state index < -0.39 is 5.79 Å². The highest BCUT2D eigenvalue weighted by molar-refractivity contribution is 5.69. The molecule has 2 fully saturated rings. The van der Waals surface area contributed by atoms with Gasteiger partial charge in [-0.25, -0.2) is 0 Å². The van der Waals surface area contributed by atoms with Crippen LogP contribution < -0.4 is 0 Å². The van der Waals surface area contributed by atoms with Crippen LogP contribution in [0.3, 0.4) is 0 Å². The standard InChI is InChI=1S/C42H79NO5/c1-12-16-17-18-19-20-21-22-23-24-25-26-27-28-29-30-37(44)45-32-41(15-4)33-46-42(47-34-41)31-39(10,13-2)43(40(11,14-3)35(42)5)48-36(6)38(7,8)9/h35H,6,12-34H2,1-5,7-11H3. The Hall–Kier alpha value is -1.11. The SMILES string of the molecule is C=C(ON1C(C)(CC)CC2(OCC(CC)(COC(=O)CCCCCCCCCCCCCCCCC)CO2)C(C)C1(C)CC)C(C)(C)C. The van der Waals surface area contributed by atoms with Crippen molar-refractivity contribution >= 4 is 5.97 Å². The first kappa shape index (κ1) is 43.1. The van der Waals surface area contributed by atoms with Gasteiger partial charge in [-0.15, -0.1) is 5.06 Å². The molecule has 0 aromatic heterocycles. The zero-order valence-electron chi connectivity index (χ0n) is 33.5. The normalized spacial score (nSPS) is 29.7. The molecule has 48 heavy (non-hydrogen) atoms. The fourth-order valence-electron chi connectivity index (χ4n) is 7.52. The van der Waals surface area contributed by atoms with Crippen molar-refractivity contribution in [2.75, 3.05) is 19.8 Å². The van der Waals surface area contributed by atoms with Crippen LogP contribution in [-0.4, -0.2) is 47.7 Å². The lowest BCUT2D eigenvalue weighted by Gasteiger charge is -2.64. The first-order valence-electron chi connectivity index (χ1n) is 20.3. The van der Waals surface area contributed by atoms with E-state index in [1.807, 2.05) is 0 Å². The van der Waals surface area contributed by atoms with E-state index in [0.717, 1.165) is 37.9 Å². The van der Waals surface area contributed by atoms with Crippen LogP contribution in [0.4, 0.5) is 0 Å². The highest BCUT2D eigenvalue weighted by Crippen LogP contribution is 2.55. The van der Waals surface area contributed by atoms with Crippen molar-refractivity contribution in [3.63, 3.8) is 0 Å². The van der Waals surface area contributed by atoms with Crippen molar-refractivity contribution in [1.82, 2.24) is 5.06 Å². The number of carbonyl (C=O) groups is 1. The fraction of sp³-hybridized carbons (Fsp3) is 0.929. The summed E-state index contributed by atoms with van der Waals surface area (Å²) in [5, 5.41) is 2.22. The summed E-state index contributed by atoms with van der Waals surface area (Å²) in [5.41, 5.74) is -1.13. The summed E-state index contributed by atoms with van der Waals surface area (Å²) in [5.74, 6) is -0.000902. The van der Waals surface area contributed by atoms with Crippen LogP contribution in [0.1, 0.15) is 198 Å². The minimum atomic E-state index is -0.727. The summed E-state index contributed by atoms with van der Waals surface area (Å²) in [4.78, 5) is 19.4. The largest absolute Gasteiger partial charge is 0.465 e. The van der Waals surface area contributed by atoms with Gasteiger partial charge in [-0.05, 0) is 39.5 Å². The maximum atomic E-state index is 12.7. The van der Waals surface area contributed by atoms with Crippen LogP contribution in [0.25, 0.3) is 0 Å². The van der Waals surface area contributed by atoms with Crippen LogP contribution in [0.2, 0.25) is 0 Å². The molecule has 0 aromatic carbocycles. The molecule has 2 rings (SSSR count). The lowest BCUT2D eigenvalue weighted by molar-refractivity contribution is -0.406. The van der Waals surface area contributed by atoms with Gasteiger partial charge >= 0.3 is 5.97 Å². The summed E-state index contributed by atoms with van der Waals surface area (Å²) in [7, 11) is 0. The average molecular weight is 678 g/mol. The van der Waals surface area contributed by atoms with Gasteiger partial charge in [-0.2, -0.15) is 0 Å². The predicted octanol–water partition coefficient (Wildman–Crippen LogP) is 12.1. The number of hydroxylamine groups is 2. The fourth-order valence-corrected chi connectivity index (χ4v) is 7.52. The van der Waals surface area contributed by atoms with Gasteiger partial charge in [0.1, 0.15) is 12.4 Å². The Bertz CT molecular complexity index is 935. The Morgan fingerprint density at radius 3 is 1.67 bits per heavy atom. The van der Waals surface area contributed by atoms with Gasteiger partial charge < -0.3 is 19.0 Å². The quantitative estimate of drug-likeness (QED) is 0.0609.